The third-order valence-electron chi connectivity index (χ3n) is 3.11. The first-order valence-corrected chi connectivity index (χ1v) is 4.68. The number of nitrogens with zero attached hydrogens (tertiary/aromatic N) is 1. The molecule has 0 spiro atoms. The van der Waals surface area contributed by atoms with Crippen LogP contribution in [0.25, 0.3) is 0 Å². The predicted octanol–water partition coefficient (Wildman–Crippen LogP) is 2.03. The fraction of sp³-hybridized carbons (Fsp3) is 1.00. The Hall–Kier alpha value is -0.0400. The summed E-state index contributed by atoms with van der Waals surface area (Å²) in [5, 5.41) is 0. The van der Waals surface area contributed by atoms with E-state index in [9.17, 15) is 0 Å². The first-order chi connectivity index (χ1) is 4.83. The van der Waals surface area contributed by atoms with Gasteiger partial charge in [0.15, 0.2) is 0 Å². The first kappa shape index (κ1) is 8.06. The topological polar surface area (TPSA) is 0 Å². The van der Waals surface area contributed by atoms with Crippen molar-refractivity contribution in [3.05, 3.63) is 0 Å². The fourth-order valence-electron chi connectivity index (χ4n) is 2.04. The zero-order valence-electron chi connectivity index (χ0n) is 7.40. The van der Waals surface area contributed by atoms with Gasteiger partial charge in [0, 0.05) is 0 Å². The molecule has 0 bridgehead atoms. The molecule has 0 aliphatic carbocycles. The highest BCUT2D eigenvalue weighted by molar-refractivity contribution is 4.51. The monoisotopic (exact) mass is 142 g/mol. The van der Waals surface area contributed by atoms with Crippen LogP contribution in [-0.4, -0.2) is 30.7 Å². The summed E-state index contributed by atoms with van der Waals surface area (Å²) in [5.74, 6) is 0. The van der Waals surface area contributed by atoms with Gasteiger partial charge in [-0.3, -0.25) is 0 Å². The molecule has 0 aromatic heterocycles. The van der Waals surface area contributed by atoms with Gasteiger partial charge < -0.3 is 4.48 Å². The van der Waals surface area contributed by atoms with Crippen LogP contribution in [0.4, 0.5) is 0 Å². The average Bonchev–Trinajstić information content (AvgIpc) is 2.06. The zero-order valence-corrected chi connectivity index (χ0v) is 7.40. The lowest BCUT2D eigenvalue weighted by molar-refractivity contribution is -0.929. The Labute approximate surface area is 64.6 Å². The van der Waals surface area contributed by atoms with Crippen LogP contribution in [0.15, 0.2) is 0 Å². The predicted molar refractivity (Wildman–Crippen MR) is 44.9 cm³/mol. The number of hydrogen-bond donors (Lipinski definition) is 0. The zero-order chi connectivity index (χ0) is 7.45. The van der Waals surface area contributed by atoms with Crippen molar-refractivity contribution in [2.75, 3.05) is 26.2 Å². The number of rotatable bonds is 2. The molecule has 0 aromatic carbocycles. The largest absolute Gasteiger partial charge is 0.324 e. The second kappa shape index (κ2) is 3.38. The van der Waals surface area contributed by atoms with Gasteiger partial charge in [0.25, 0.3) is 0 Å². The van der Waals surface area contributed by atoms with Crippen molar-refractivity contribution in [3.63, 3.8) is 0 Å². The quantitative estimate of drug-likeness (QED) is 0.517. The highest BCUT2D eigenvalue weighted by Gasteiger charge is 2.24. The summed E-state index contributed by atoms with van der Waals surface area (Å²) in [7, 11) is 0. The van der Waals surface area contributed by atoms with Gasteiger partial charge in [-0.15, -0.1) is 0 Å². The molecule has 1 nitrogen and oxygen atoms in total. The van der Waals surface area contributed by atoms with E-state index in [0.29, 0.717) is 0 Å². The van der Waals surface area contributed by atoms with Crippen molar-refractivity contribution in [3.8, 4) is 0 Å². The Kier molecular flexibility index (Phi) is 2.72. The third kappa shape index (κ3) is 1.51. The molecule has 1 heteroatoms. The number of quaternary nitrogens is 1. The maximum Gasteiger partial charge on any atom is 0.0786 e. The van der Waals surface area contributed by atoms with Crippen LogP contribution in [0.3, 0.4) is 0 Å². The molecule has 60 valence electrons. The van der Waals surface area contributed by atoms with Crippen LogP contribution in [0.2, 0.25) is 0 Å². The van der Waals surface area contributed by atoms with E-state index in [1.54, 1.807) is 0 Å². The second-order valence-corrected chi connectivity index (χ2v) is 3.48. The van der Waals surface area contributed by atoms with Gasteiger partial charge in [0.1, 0.15) is 0 Å². The molecule has 0 amide bonds. The smallest absolute Gasteiger partial charge is 0.0786 e. The van der Waals surface area contributed by atoms with Gasteiger partial charge >= 0.3 is 0 Å². The lowest BCUT2D eigenvalue weighted by Gasteiger charge is -2.39. The summed E-state index contributed by atoms with van der Waals surface area (Å²) in [6.07, 6.45) is 4.39. The first-order valence-electron chi connectivity index (χ1n) is 4.68. The van der Waals surface area contributed by atoms with Gasteiger partial charge in [-0.2, -0.15) is 0 Å². The summed E-state index contributed by atoms with van der Waals surface area (Å²) in [5.41, 5.74) is 0. The van der Waals surface area contributed by atoms with Crippen LogP contribution in [0.5, 0.6) is 0 Å². The molecule has 1 aliphatic heterocycles. The van der Waals surface area contributed by atoms with E-state index in [1.165, 1.54) is 49.9 Å². The lowest BCUT2D eigenvalue weighted by atomic mass is 10.1. The van der Waals surface area contributed by atoms with Crippen LogP contribution in [0.1, 0.15) is 33.1 Å². The van der Waals surface area contributed by atoms with Crippen LogP contribution >= 0.6 is 0 Å². The van der Waals surface area contributed by atoms with Crippen LogP contribution < -0.4 is 0 Å². The molecular formula is C9H20N+. The molecule has 1 fully saturated rings. The van der Waals surface area contributed by atoms with E-state index in [4.69, 9.17) is 0 Å². The molecule has 0 N–H and O–H groups in total. The summed E-state index contributed by atoms with van der Waals surface area (Å²) in [4.78, 5) is 0. The summed E-state index contributed by atoms with van der Waals surface area (Å²) in [6, 6.07) is 0. The van der Waals surface area contributed by atoms with Gasteiger partial charge in [-0.1, -0.05) is 0 Å². The van der Waals surface area contributed by atoms with E-state index < -0.39 is 0 Å². The van der Waals surface area contributed by atoms with E-state index in [-0.39, 0.29) is 0 Å². The van der Waals surface area contributed by atoms with Crippen LogP contribution in [0, 0.1) is 0 Å². The van der Waals surface area contributed by atoms with E-state index in [0.717, 1.165) is 0 Å². The fourth-order valence-corrected chi connectivity index (χ4v) is 2.04. The van der Waals surface area contributed by atoms with Gasteiger partial charge in [0.05, 0.1) is 26.2 Å². The van der Waals surface area contributed by atoms with Gasteiger partial charge in [-0.05, 0) is 33.1 Å². The Morgan fingerprint density at radius 3 is 1.70 bits per heavy atom. The second-order valence-electron chi connectivity index (χ2n) is 3.48. The Morgan fingerprint density at radius 2 is 1.40 bits per heavy atom. The highest BCUT2D eigenvalue weighted by atomic mass is 15.3. The van der Waals surface area contributed by atoms with Crippen LogP contribution in [-0.2, 0) is 0 Å². The molecule has 0 aromatic rings. The van der Waals surface area contributed by atoms with Gasteiger partial charge in [-0.25, -0.2) is 0 Å². The number of piperidine rings is 1. The van der Waals surface area contributed by atoms with Gasteiger partial charge in [0.2, 0.25) is 0 Å². The average molecular weight is 142 g/mol. The molecule has 0 atom stereocenters. The molecule has 0 radical (unpaired) electrons. The standard InChI is InChI=1S/C9H20N/c1-3-10(4-2)8-6-5-7-9-10/h3-9H2,1-2H3/q+1. The molecule has 0 unspecified atom stereocenters. The molecule has 1 heterocycles. The van der Waals surface area contributed by atoms with E-state index >= 15 is 0 Å². The Bertz CT molecular complexity index is 86.9. The molecular weight excluding hydrogens is 122 g/mol. The maximum absolute atomic E-state index is 2.33. The summed E-state index contributed by atoms with van der Waals surface area (Å²) < 4.78 is 1.39. The Balaban J connectivity index is 2.44. The van der Waals surface area contributed by atoms with Crippen molar-refractivity contribution >= 4 is 0 Å². The minimum Gasteiger partial charge on any atom is -0.324 e. The van der Waals surface area contributed by atoms with E-state index in [2.05, 4.69) is 13.8 Å². The number of likely N-dealkylation sites (tertiary alicyclic amines) is 1. The molecule has 1 aliphatic rings. The van der Waals surface area contributed by atoms with Crippen molar-refractivity contribution in [2.24, 2.45) is 0 Å². The summed E-state index contributed by atoms with van der Waals surface area (Å²) in [6.45, 7) is 10.2. The highest BCUT2D eigenvalue weighted by Crippen LogP contribution is 2.17. The molecule has 0 saturated carbocycles. The van der Waals surface area contributed by atoms with Crippen molar-refractivity contribution in [1.29, 1.82) is 0 Å². The van der Waals surface area contributed by atoms with Crippen molar-refractivity contribution in [1.82, 2.24) is 0 Å². The summed E-state index contributed by atoms with van der Waals surface area (Å²) >= 11 is 0. The normalized spacial score (nSPS) is 24.6. The Morgan fingerprint density at radius 1 is 0.900 bits per heavy atom. The minimum absolute atomic E-state index is 1.34. The molecule has 10 heavy (non-hydrogen) atoms. The molecule has 1 saturated heterocycles. The van der Waals surface area contributed by atoms with Crippen molar-refractivity contribution < 1.29 is 4.48 Å². The number of hydrogen-bond acceptors (Lipinski definition) is 0. The van der Waals surface area contributed by atoms with Crippen molar-refractivity contribution in [2.45, 2.75) is 33.1 Å². The third-order valence-corrected chi connectivity index (χ3v) is 3.11. The SMILES string of the molecule is CC[N+]1(CC)CCCCC1. The lowest BCUT2D eigenvalue weighted by Crippen LogP contribution is -2.50. The molecule has 1 rings (SSSR count). The maximum atomic E-state index is 2.33. The van der Waals surface area contributed by atoms with E-state index in [1.807, 2.05) is 0 Å². The minimum atomic E-state index is 1.34.